The van der Waals surface area contributed by atoms with Crippen molar-refractivity contribution >= 4 is 32.4 Å². The zero-order valence-corrected chi connectivity index (χ0v) is 12.3. The standard InChI is InChI=1S/C11H17BrN4S/c1-16-8-2-3-9(16)5-7(4-8)6-13-11-15-14-10(12)17-11/h7-9H,2-6H2,1H3,(H,13,15). The van der Waals surface area contributed by atoms with E-state index in [1.54, 1.807) is 11.3 Å². The number of hydrogen-bond donors (Lipinski definition) is 1. The summed E-state index contributed by atoms with van der Waals surface area (Å²) in [7, 11) is 2.29. The molecule has 0 saturated carbocycles. The van der Waals surface area contributed by atoms with E-state index in [0.717, 1.165) is 33.6 Å². The first-order chi connectivity index (χ1) is 8.22. The predicted molar refractivity (Wildman–Crippen MR) is 73.4 cm³/mol. The normalized spacial score (nSPS) is 32.9. The van der Waals surface area contributed by atoms with Crippen LogP contribution in [0.25, 0.3) is 0 Å². The summed E-state index contributed by atoms with van der Waals surface area (Å²) in [5.41, 5.74) is 0. The molecule has 2 unspecified atom stereocenters. The van der Waals surface area contributed by atoms with Gasteiger partial charge in [-0.2, -0.15) is 0 Å². The van der Waals surface area contributed by atoms with E-state index >= 15 is 0 Å². The second kappa shape index (κ2) is 4.82. The van der Waals surface area contributed by atoms with E-state index in [-0.39, 0.29) is 0 Å². The van der Waals surface area contributed by atoms with E-state index in [0.29, 0.717) is 0 Å². The van der Waals surface area contributed by atoms with Crippen molar-refractivity contribution in [2.75, 3.05) is 18.9 Å². The molecule has 0 radical (unpaired) electrons. The van der Waals surface area contributed by atoms with Crippen LogP contribution >= 0.6 is 27.3 Å². The number of aromatic nitrogens is 2. The highest BCUT2D eigenvalue weighted by Gasteiger charge is 2.38. The van der Waals surface area contributed by atoms with E-state index in [1.807, 2.05) is 0 Å². The molecule has 2 bridgehead atoms. The fraction of sp³-hybridized carbons (Fsp3) is 0.818. The molecule has 1 N–H and O–H groups in total. The number of nitrogens with zero attached hydrogens (tertiary/aromatic N) is 3. The first kappa shape index (κ1) is 11.9. The molecule has 0 amide bonds. The molecule has 2 aliphatic heterocycles. The third kappa shape index (κ3) is 2.48. The molecule has 2 atom stereocenters. The molecule has 0 aliphatic carbocycles. The molecule has 3 heterocycles. The zero-order valence-electron chi connectivity index (χ0n) is 9.90. The highest BCUT2D eigenvalue weighted by atomic mass is 79.9. The summed E-state index contributed by atoms with van der Waals surface area (Å²) >= 11 is 4.90. The van der Waals surface area contributed by atoms with Crippen LogP contribution in [0, 0.1) is 5.92 Å². The quantitative estimate of drug-likeness (QED) is 0.930. The third-order valence-electron chi connectivity index (χ3n) is 4.14. The Kier molecular flexibility index (Phi) is 3.36. The van der Waals surface area contributed by atoms with Gasteiger partial charge in [-0.1, -0.05) is 11.3 Å². The molecule has 1 aromatic heterocycles. The van der Waals surface area contributed by atoms with Crippen molar-refractivity contribution in [2.24, 2.45) is 5.92 Å². The monoisotopic (exact) mass is 316 g/mol. The van der Waals surface area contributed by atoms with E-state index < -0.39 is 0 Å². The van der Waals surface area contributed by atoms with Crippen LogP contribution in [0.5, 0.6) is 0 Å². The molecule has 17 heavy (non-hydrogen) atoms. The van der Waals surface area contributed by atoms with Crippen molar-refractivity contribution in [1.82, 2.24) is 15.1 Å². The van der Waals surface area contributed by atoms with Crippen LogP contribution in [0.1, 0.15) is 25.7 Å². The molecule has 3 rings (SSSR count). The van der Waals surface area contributed by atoms with Crippen molar-refractivity contribution in [2.45, 2.75) is 37.8 Å². The largest absolute Gasteiger partial charge is 0.360 e. The van der Waals surface area contributed by atoms with Gasteiger partial charge >= 0.3 is 0 Å². The van der Waals surface area contributed by atoms with Gasteiger partial charge < -0.3 is 10.2 Å². The lowest BCUT2D eigenvalue weighted by Gasteiger charge is -2.36. The topological polar surface area (TPSA) is 41.0 Å². The van der Waals surface area contributed by atoms with Crippen LogP contribution in [0.2, 0.25) is 0 Å². The number of hydrogen-bond acceptors (Lipinski definition) is 5. The molecule has 6 heteroatoms. The SMILES string of the molecule is CN1C2CCC1CC(CNc1nnc(Br)s1)C2. The Morgan fingerprint density at radius 3 is 2.65 bits per heavy atom. The average Bonchev–Trinajstić information content (AvgIpc) is 2.78. The van der Waals surface area contributed by atoms with Crippen molar-refractivity contribution < 1.29 is 0 Å². The molecular weight excluding hydrogens is 300 g/mol. The number of halogens is 1. The second-order valence-corrected chi connectivity index (χ2v) is 7.38. The summed E-state index contributed by atoms with van der Waals surface area (Å²) in [6, 6.07) is 1.64. The molecule has 94 valence electrons. The Hall–Kier alpha value is -0.200. The summed E-state index contributed by atoms with van der Waals surface area (Å²) in [5, 5.41) is 12.4. The first-order valence-electron chi connectivity index (χ1n) is 6.17. The number of nitrogens with one attached hydrogen (secondary N) is 1. The second-order valence-electron chi connectivity index (χ2n) is 5.13. The van der Waals surface area contributed by atoms with Crippen molar-refractivity contribution in [3.63, 3.8) is 0 Å². The van der Waals surface area contributed by atoms with Crippen LogP contribution in [0.3, 0.4) is 0 Å². The van der Waals surface area contributed by atoms with Crippen LogP contribution in [-0.2, 0) is 0 Å². The van der Waals surface area contributed by atoms with Crippen molar-refractivity contribution in [3.8, 4) is 0 Å². The zero-order chi connectivity index (χ0) is 11.8. The summed E-state index contributed by atoms with van der Waals surface area (Å²) in [6.07, 6.45) is 5.45. The fourth-order valence-corrected chi connectivity index (χ4v) is 4.22. The smallest absolute Gasteiger partial charge is 0.206 e. The van der Waals surface area contributed by atoms with Gasteiger partial charge in [0.15, 0.2) is 3.92 Å². The van der Waals surface area contributed by atoms with Gasteiger partial charge in [-0.3, -0.25) is 0 Å². The Morgan fingerprint density at radius 2 is 2.06 bits per heavy atom. The first-order valence-corrected chi connectivity index (χ1v) is 7.78. The van der Waals surface area contributed by atoms with Crippen LogP contribution in [-0.4, -0.2) is 40.8 Å². The van der Waals surface area contributed by atoms with Gasteiger partial charge in [-0.15, -0.1) is 10.2 Å². The fourth-order valence-electron chi connectivity index (χ4n) is 3.20. The summed E-state index contributed by atoms with van der Waals surface area (Å²) in [6.45, 7) is 1.04. The van der Waals surface area contributed by atoms with Gasteiger partial charge in [0, 0.05) is 18.6 Å². The minimum atomic E-state index is 0.798. The van der Waals surface area contributed by atoms with E-state index in [4.69, 9.17) is 0 Å². The van der Waals surface area contributed by atoms with Gasteiger partial charge in [-0.05, 0) is 54.6 Å². The minimum absolute atomic E-state index is 0.798. The van der Waals surface area contributed by atoms with Gasteiger partial charge in [0.25, 0.3) is 0 Å². The van der Waals surface area contributed by atoms with Crippen LogP contribution < -0.4 is 5.32 Å². The maximum Gasteiger partial charge on any atom is 0.206 e. The number of fused-ring (bicyclic) bond motifs is 2. The molecule has 1 aromatic rings. The third-order valence-corrected chi connectivity index (χ3v) is 5.45. The number of rotatable bonds is 3. The predicted octanol–water partition coefficient (Wildman–Crippen LogP) is 2.59. The highest BCUT2D eigenvalue weighted by molar-refractivity contribution is 9.11. The maximum atomic E-state index is 4.07. The molecule has 2 aliphatic rings. The minimum Gasteiger partial charge on any atom is -0.360 e. The lowest BCUT2D eigenvalue weighted by atomic mass is 9.91. The molecule has 0 spiro atoms. The van der Waals surface area contributed by atoms with Gasteiger partial charge in [-0.25, -0.2) is 0 Å². The van der Waals surface area contributed by atoms with E-state index in [1.165, 1.54) is 25.7 Å². The van der Waals surface area contributed by atoms with Crippen LogP contribution in [0.15, 0.2) is 3.92 Å². The van der Waals surface area contributed by atoms with E-state index in [2.05, 4.69) is 43.4 Å². The Morgan fingerprint density at radius 1 is 1.35 bits per heavy atom. The van der Waals surface area contributed by atoms with Gasteiger partial charge in [0.05, 0.1) is 0 Å². The lowest BCUT2D eigenvalue weighted by Crippen LogP contribution is -2.41. The van der Waals surface area contributed by atoms with Crippen molar-refractivity contribution in [1.29, 1.82) is 0 Å². The number of piperidine rings is 1. The Bertz CT molecular complexity index is 383. The summed E-state index contributed by atoms with van der Waals surface area (Å²) in [4.78, 5) is 2.58. The average molecular weight is 317 g/mol. The Balaban J connectivity index is 1.54. The molecule has 4 nitrogen and oxygen atoms in total. The number of anilines is 1. The Labute approximate surface area is 114 Å². The van der Waals surface area contributed by atoms with Gasteiger partial charge in [0.2, 0.25) is 5.13 Å². The summed E-state index contributed by atoms with van der Waals surface area (Å²) < 4.78 is 0.850. The highest BCUT2D eigenvalue weighted by Crippen LogP contribution is 2.37. The van der Waals surface area contributed by atoms with Gasteiger partial charge in [0.1, 0.15) is 0 Å². The van der Waals surface area contributed by atoms with Crippen LogP contribution in [0.4, 0.5) is 5.13 Å². The molecule has 2 fully saturated rings. The van der Waals surface area contributed by atoms with E-state index in [9.17, 15) is 0 Å². The molecule has 2 saturated heterocycles. The molecular formula is C11H17BrN4S. The van der Waals surface area contributed by atoms with Crippen molar-refractivity contribution in [3.05, 3.63) is 3.92 Å². The maximum absolute atomic E-state index is 4.07. The summed E-state index contributed by atoms with van der Waals surface area (Å²) in [5.74, 6) is 0.798. The molecule has 0 aromatic carbocycles. The lowest BCUT2D eigenvalue weighted by molar-refractivity contribution is 0.139.